The molecule has 0 radical (unpaired) electrons. The van der Waals surface area contributed by atoms with Crippen molar-refractivity contribution in [2.24, 2.45) is 0 Å². The minimum Gasteiger partial charge on any atom is -0.463 e. The van der Waals surface area contributed by atoms with E-state index in [1.807, 2.05) is 24.3 Å². The maximum Gasteiger partial charge on any atom is 0.338 e. The number of amides is 2. The van der Waals surface area contributed by atoms with Crippen molar-refractivity contribution in [1.29, 1.82) is 0 Å². The third kappa shape index (κ3) is 4.44. The fourth-order valence-electron chi connectivity index (χ4n) is 3.11. The van der Waals surface area contributed by atoms with Gasteiger partial charge in [-0.15, -0.1) is 0 Å². The highest BCUT2D eigenvalue weighted by atomic mass is 79.9. The summed E-state index contributed by atoms with van der Waals surface area (Å²) in [6.07, 6.45) is 0. The van der Waals surface area contributed by atoms with Crippen LogP contribution in [0.5, 0.6) is 0 Å². The zero-order chi connectivity index (χ0) is 18.5. The summed E-state index contributed by atoms with van der Waals surface area (Å²) in [5.41, 5.74) is 1.84. The standard InChI is InChI=1S/C18H22BrN3O4/c1-2-26-17(23)15-14(11-22-6-8-25-9-7-22)20-18(24)21-16(15)12-4-3-5-13(19)10-12/h3-5,10,16H,2,6-9,11H2,1H3,(H2,20,21,24). The molecule has 0 aliphatic carbocycles. The number of carbonyl (C=O) groups is 2. The average Bonchev–Trinajstić information content (AvgIpc) is 2.62. The Hall–Kier alpha value is -1.90. The number of hydrogen-bond acceptors (Lipinski definition) is 5. The van der Waals surface area contributed by atoms with E-state index in [4.69, 9.17) is 9.47 Å². The van der Waals surface area contributed by atoms with Crippen LogP contribution in [0.3, 0.4) is 0 Å². The van der Waals surface area contributed by atoms with Crippen molar-refractivity contribution in [2.75, 3.05) is 39.5 Å². The molecule has 2 aliphatic heterocycles. The van der Waals surface area contributed by atoms with Gasteiger partial charge < -0.3 is 20.1 Å². The smallest absolute Gasteiger partial charge is 0.338 e. The highest BCUT2D eigenvalue weighted by molar-refractivity contribution is 9.10. The highest BCUT2D eigenvalue weighted by Gasteiger charge is 2.34. The van der Waals surface area contributed by atoms with Crippen LogP contribution in [0.15, 0.2) is 40.0 Å². The maximum absolute atomic E-state index is 12.7. The van der Waals surface area contributed by atoms with Crippen molar-refractivity contribution in [1.82, 2.24) is 15.5 Å². The molecule has 1 atom stereocenters. The number of carbonyl (C=O) groups excluding carboxylic acids is 2. The Balaban J connectivity index is 1.98. The molecule has 140 valence electrons. The molecule has 1 aromatic carbocycles. The summed E-state index contributed by atoms with van der Waals surface area (Å²) in [6.45, 7) is 5.30. The molecule has 1 fully saturated rings. The number of morpholine rings is 1. The second kappa shape index (κ2) is 8.66. The topological polar surface area (TPSA) is 79.9 Å². The summed E-state index contributed by atoms with van der Waals surface area (Å²) < 4.78 is 11.5. The molecule has 1 unspecified atom stereocenters. The molecule has 0 saturated carbocycles. The number of nitrogens with zero attached hydrogens (tertiary/aromatic N) is 1. The Morgan fingerprint density at radius 3 is 2.85 bits per heavy atom. The third-order valence-electron chi connectivity index (χ3n) is 4.32. The lowest BCUT2D eigenvalue weighted by molar-refractivity contribution is -0.139. The van der Waals surface area contributed by atoms with E-state index in [0.717, 1.165) is 23.1 Å². The van der Waals surface area contributed by atoms with Crippen LogP contribution in [-0.2, 0) is 14.3 Å². The maximum atomic E-state index is 12.7. The van der Waals surface area contributed by atoms with E-state index in [9.17, 15) is 9.59 Å². The first-order chi connectivity index (χ1) is 12.6. The predicted molar refractivity (Wildman–Crippen MR) is 99.5 cm³/mol. The van der Waals surface area contributed by atoms with Gasteiger partial charge in [-0.05, 0) is 24.6 Å². The number of ether oxygens (including phenoxy) is 2. The summed E-state index contributed by atoms with van der Waals surface area (Å²) in [4.78, 5) is 27.1. The van der Waals surface area contributed by atoms with Crippen molar-refractivity contribution < 1.29 is 19.1 Å². The lowest BCUT2D eigenvalue weighted by Crippen LogP contribution is -2.49. The van der Waals surface area contributed by atoms with Crippen molar-refractivity contribution in [3.8, 4) is 0 Å². The molecule has 7 nitrogen and oxygen atoms in total. The minimum atomic E-state index is -0.559. The van der Waals surface area contributed by atoms with Crippen molar-refractivity contribution >= 4 is 27.9 Å². The Morgan fingerprint density at radius 1 is 1.38 bits per heavy atom. The normalized spacial score (nSPS) is 21.2. The lowest BCUT2D eigenvalue weighted by Gasteiger charge is -2.33. The van der Waals surface area contributed by atoms with Crippen molar-refractivity contribution in [3.05, 3.63) is 45.6 Å². The number of rotatable bonds is 5. The molecule has 2 amide bonds. The first kappa shape index (κ1) is 18.9. The van der Waals surface area contributed by atoms with E-state index in [2.05, 4.69) is 31.5 Å². The van der Waals surface area contributed by atoms with Crippen LogP contribution < -0.4 is 10.6 Å². The van der Waals surface area contributed by atoms with Gasteiger partial charge in [0, 0.05) is 29.8 Å². The van der Waals surface area contributed by atoms with E-state index < -0.39 is 12.0 Å². The Bertz CT molecular complexity index is 716. The molecule has 1 aromatic rings. The monoisotopic (exact) mass is 423 g/mol. The molecule has 2 N–H and O–H groups in total. The number of hydrogen-bond donors (Lipinski definition) is 2. The minimum absolute atomic E-state index is 0.270. The average molecular weight is 424 g/mol. The van der Waals surface area contributed by atoms with E-state index >= 15 is 0 Å². The molecule has 0 aromatic heterocycles. The van der Waals surface area contributed by atoms with Gasteiger partial charge in [0.2, 0.25) is 0 Å². The van der Waals surface area contributed by atoms with Gasteiger partial charge in [0.25, 0.3) is 0 Å². The zero-order valence-corrected chi connectivity index (χ0v) is 16.2. The summed E-state index contributed by atoms with van der Waals surface area (Å²) in [5.74, 6) is -0.423. The van der Waals surface area contributed by atoms with E-state index in [1.54, 1.807) is 6.92 Å². The summed E-state index contributed by atoms with van der Waals surface area (Å²) in [6, 6.07) is 6.66. The van der Waals surface area contributed by atoms with Gasteiger partial charge in [-0.2, -0.15) is 0 Å². The van der Waals surface area contributed by atoms with Crippen LogP contribution in [-0.4, -0.2) is 56.4 Å². The first-order valence-corrected chi connectivity index (χ1v) is 9.41. The van der Waals surface area contributed by atoms with Gasteiger partial charge in [-0.3, -0.25) is 4.90 Å². The second-order valence-corrected chi connectivity index (χ2v) is 7.00. The van der Waals surface area contributed by atoms with Gasteiger partial charge in [-0.1, -0.05) is 28.1 Å². The number of halogens is 1. The molecule has 3 rings (SSSR count). The lowest BCUT2D eigenvalue weighted by atomic mass is 9.95. The predicted octanol–water partition coefficient (Wildman–Crippen LogP) is 1.95. The number of esters is 1. The van der Waals surface area contributed by atoms with Crippen LogP contribution in [0.4, 0.5) is 4.79 Å². The fourth-order valence-corrected chi connectivity index (χ4v) is 3.53. The molecule has 8 heteroatoms. The second-order valence-electron chi connectivity index (χ2n) is 6.09. The van der Waals surface area contributed by atoms with E-state index in [-0.39, 0.29) is 12.6 Å². The Labute approximate surface area is 160 Å². The molecule has 1 saturated heterocycles. The quantitative estimate of drug-likeness (QED) is 0.707. The molecular formula is C18H22BrN3O4. The van der Waals surface area contributed by atoms with Crippen molar-refractivity contribution in [2.45, 2.75) is 13.0 Å². The molecule has 0 spiro atoms. The summed E-state index contributed by atoms with van der Waals surface area (Å²) in [5, 5.41) is 5.65. The van der Waals surface area contributed by atoms with Crippen LogP contribution >= 0.6 is 15.9 Å². The van der Waals surface area contributed by atoms with Crippen molar-refractivity contribution in [3.63, 3.8) is 0 Å². The first-order valence-electron chi connectivity index (χ1n) is 8.61. The van der Waals surface area contributed by atoms with Gasteiger partial charge in [0.1, 0.15) is 0 Å². The van der Waals surface area contributed by atoms with Gasteiger partial charge in [0.15, 0.2) is 0 Å². The van der Waals surface area contributed by atoms with Crippen LogP contribution in [0.2, 0.25) is 0 Å². The van der Waals surface area contributed by atoms with Crippen LogP contribution in [0.1, 0.15) is 18.5 Å². The zero-order valence-electron chi connectivity index (χ0n) is 14.6. The highest BCUT2D eigenvalue weighted by Crippen LogP contribution is 2.29. The van der Waals surface area contributed by atoms with Crippen LogP contribution in [0, 0.1) is 0 Å². The molecule has 2 aliphatic rings. The van der Waals surface area contributed by atoms with Gasteiger partial charge in [-0.25, -0.2) is 9.59 Å². The molecule has 0 bridgehead atoms. The van der Waals surface area contributed by atoms with Crippen LogP contribution in [0.25, 0.3) is 0 Å². The number of nitrogens with one attached hydrogen (secondary N) is 2. The molecular weight excluding hydrogens is 402 g/mol. The number of benzene rings is 1. The van der Waals surface area contributed by atoms with Gasteiger partial charge >= 0.3 is 12.0 Å². The molecule has 26 heavy (non-hydrogen) atoms. The van der Waals surface area contributed by atoms with E-state index in [1.165, 1.54) is 0 Å². The van der Waals surface area contributed by atoms with E-state index in [0.29, 0.717) is 31.0 Å². The number of urea groups is 1. The molecule has 2 heterocycles. The fraction of sp³-hybridized carbons (Fsp3) is 0.444. The summed E-state index contributed by atoms with van der Waals surface area (Å²) in [7, 11) is 0. The van der Waals surface area contributed by atoms with Gasteiger partial charge in [0.05, 0.1) is 31.4 Å². The SMILES string of the molecule is CCOC(=O)C1=C(CN2CCOCC2)NC(=O)NC1c1cccc(Br)c1. The Morgan fingerprint density at radius 2 is 2.15 bits per heavy atom. The Kier molecular flexibility index (Phi) is 6.29. The summed E-state index contributed by atoms with van der Waals surface area (Å²) >= 11 is 3.44. The largest absolute Gasteiger partial charge is 0.463 e. The third-order valence-corrected chi connectivity index (χ3v) is 4.81.